The summed E-state index contributed by atoms with van der Waals surface area (Å²) >= 11 is 14.2. The van der Waals surface area contributed by atoms with Crippen LogP contribution in [0.4, 0.5) is 5.69 Å². The molecule has 1 fully saturated rings. The smallest absolute Gasteiger partial charge is 0.283 e. The van der Waals surface area contributed by atoms with Gasteiger partial charge in [0.15, 0.2) is 5.69 Å². The summed E-state index contributed by atoms with van der Waals surface area (Å²) < 4.78 is 5.26. The number of halogens is 2. The third-order valence-electron chi connectivity index (χ3n) is 7.33. The molecule has 1 saturated carbocycles. The van der Waals surface area contributed by atoms with Crippen LogP contribution in [0.3, 0.4) is 0 Å². The van der Waals surface area contributed by atoms with Gasteiger partial charge in [-0.3, -0.25) is 9.48 Å². The van der Waals surface area contributed by atoms with Crippen LogP contribution in [0.5, 0.6) is 0 Å². The van der Waals surface area contributed by atoms with Crippen LogP contribution in [-0.4, -0.2) is 20.3 Å². The minimum Gasteiger partial charge on any atom is -0.283 e. The van der Waals surface area contributed by atoms with E-state index in [1.807, 2.05) is 72.7 Å². The standard InChI is InChI=1S/C28H25Cl2N5OS/c1-17-26(27(36)35(33(17)2)22-6-4-3-5-7-22)32-28-34(31-15-20-13-18-8-9-19(20)12-18)25(16-37-28)23-11-10-21(29)14-24(23)30/h3-11,14-16,18-20H,12-13H2,1-2H3. The number of nitrogens with zero attached hydrogens (tertiary/aromatic N) is 5. The Labute approximate surface area is 228 Å². The largest absolute Gasteiger partial charge is 0.297 e. The fourth-order valence-corrected chi connectivity index (χ4v) is 6.64. The van der Waals surface area contributed by atoms with Gasteiger partial charge in [-0.1, -0.05) is 53.6 Å². The van der Waals surface area contributed by atoms with Crippen molar-refractivity contribution in [3.63, 3.8) is 0 Å². The van der Waals surface area contributed by atoms with E-state index in [0.717, 1.165) is 29.1 Å². The van der Waals surface area contributed by atoms with Crippen LogP contribution in [0.15, 0.2) is 81.0 Å². The Hall–Kier alpha value is -3.13. The zero-order valence-electron chi connectivity index (χ0n) is 20.4. The molecule has 2 aromatic heterocycles. The third kappa shape index (κ3) is 4.35. The molecule has 6 rings (SSSR count). The topological polar surface area (TPSA) is 56.6 Å². The average Bonchev–Trinajstić information content (AvgIpc) is 3.65. The van der Waals surface area contributed by atoms with Crippen LogP contribution < -0.4 is 10.4 Å². The van der Waals surface area contributed by atoms with Crippen molar-refractivity contribution in [2.45, 2.75) is 19.8 Å². The number of rotatable bonds is 5. The molecule has 4 aromatic rings. The first kappa shape index (κ1) is 24.2. The molecule has 6 nitrogen and oxygen atoms in total. The lowest BCUT2D eigenvalue weighted by atomic mass is 9.95. The van der Waals surface area contributed by atoms with Gasteiger partial charge >= 0.3 is 0 Å². The van der Waals surface area contributed by atoms with Crippen LogP contribution >= 0.6 is 34.5 Å². The van der Waals surface area contributed by atoms with E-state index >= 15 is 0 Å². The van der Waals surface area contributed by atoms with Gasteiger partial charge in [-0.2, -0.15) is 5.10 Å². The molecule has 2 aromatic carbocycles. The molecule has 3 atom stereocenters. The van der Waals surface area contributed by atoms with Gasteiger partial charge in [-0.15, -0.1) is 11.3 Å². The summed E-state index contributed by atoms with van der Waals surface area (Å²) in [6.45, 7) is 1.90. The second-order valence-electron chi connectivity index (χ2n) is 9.57. The van der Waals surface area contributed by atoms with Gasteiger partial charge in [0.2, 0.25) is 4.80 Å². The number of benzene rings is 2. The van der Waals surface area contributed by atoms with E-state index in [0.29, 0.717) is 38.3 Å². The molecule has 0 amide bonds. The van der Waals surface area contributed by atoms with E-state index in [4.69, 9.17) is 33.3 Å². The Kier molecular flexibility index (Phi) is 6.31. The first-order valence-corrected chi connectivity index (χ1v) is 13.8. The molecule has 2 aliphatic rings. The molecule has 2 heterocycles. The van der Waals surface area contributed by atoms with E-state index in [-0.39, 0.29) is 5.56 Å². The maximum Gasteiger partial charge on any atom is 0.297 e. The van der Waals surface area contributed by atoms with E-state index in [2.05, 4.69) is 12.2 Å². The van der Waals surface area contributed by atoms with E-state index < -0.39 is 0 Å². The van der Waals surface area contributed by atoms with Crippen molar-refractivity contribution in [3.05, 3.63) is 97.0 Å². The summed E-state index contributed by atoms with van der Waals surface area (Å²) in [5.74, 6) is 1.56. The van der Waals surface area contributed by atoms with Crippen molar-refractivity contribution in [3.8, 4) is 16.9 Å². The summed E-state index contributed by atoms with van der Waals surface area (Å²) in [5.41, 5.74) is 3.36. The highest BCUT2D eigenvalue weighted by atomic mass is 35.5. The monoisotopic (exact) mass is 549 g/mol. The normalized spacial score (nSPS) is 21.1. The predicted molar refractivity (Wildman–Crippen MR) is 151 cm³/mol. The molecule has 3 unspecified atom stereocenters. The number of fused-ring (bicyclic) bond motifs is 2. The van der Waals surface area contributed by atoms with Crippen molar-refractivity contribution in [2.75, 3.05) is 0 Å². The molecule has 2 aliphatic carbocycles. The second-order valence-corrected chi connectivity index (χ2v) is 11.3. The maximum absolute atomic E-state index is 13.5. The molecule has 0 N–H and O–H groups in total. The molecular weight excluding hydrogens is 525 g/mol. The Bertz CT molecular complexity index is 1670. The molecule has 0 spiro atoms. The lowest BCUT2D eigenvalue weighted by Crippen LogP contribution is -2.20. The van der Waals surface area contributed by atoms with Crippen LogP contribution in [-0.2, 0) is 7.05 Å². The lowest BCUT2D eigenvalue weighted by Gasteiger charge is -2.13. The van der Waals surface area contributed by atoms with Crippen molar-refractivity contribution >= 4 is 46.4 Å². The van der Waals surface area contributed by atoms with Gasteiger partial charge in [0.25, 0.3) is 5.56 Å². The van der Waals surface area contributed by atoms with Gasteiger partial charge in [0, 0.05) is 35.1 Å². The quantitative estimate of drug-likeness (QED) is 0.204. The number of thiazole rings is 1. The van der Waals surface area contributed by atoms with Crippen molar-refractivity contribution in [1.82, 2.24) is 14.0 Å². The van der Waals surface area contributed by atoms with Gasteiger partial charge in [0.1, 0.15) is 0 Å². The summed E-state index contributed by atoms with van der Waals surface area (Å²) in [4.78, 5) is 19.0. The fraction of sp³-hybridized carbons (Fsp3) is 0.250. The molecule has 0 saturated heterocycles. The highest BCUT2D eigenvalue weighted by Crippen LogP contribution is 2.42. The average molecular weight is 551 g/mol. The van der Waals surface area contributed by atoms with Crippen molar-refractivity contribution in [1.29, 1.82) is 0 Å². The van der Waals surface area contributed by atoms with E-state index in [1.165, 1.54) is 17.8 Å². The SMILES string of the molecule is Cc1c(N=c2scc(-c3ccc(Cl)cc3Cl)n2N=CC2CC3C=CC2C3)c(=O)n(-c2ccccc2)n1C. The minimum atomic E-state index is -0.181. The number of hydrogen-bond donors (Lipinski definition) is 0. The van der Waals surface area contributed by atoms with Gasteiger partial charge < -0.3 is 0 Å². The second kappa shape index (κ2) is 9.63. The molecule has 2 bridgehead atoms. The van der Waals surface area contributed by atoms with E-state index in [9.17, 15) is 4.79 Å². The van der Waals surface area contributed by atoms with E-state index in [1.54, 1.807) is 15.4 Å². The molecule has 37 heavy (non-hydrogen) atoms. The van der Waals surface area contributed by atoms with Crippen molar-refractivity contribution in [2.24, 2.45) is 34.9 Å². The van der Waals surface area contributed by atoms with Gasteiger partial charge in [-0.05, 0) is 61.9 Å². The molecule has 9 heteroatoms. The summed E-state index contributed by atoms with van der Waals surface area (Å²) in [7, 11) is 1.87. The zero-order chi connectivity index (χ0) is 25.7. The minimum absolute atomic E-state index is 0.181. The molecule has 188 valence electrons. The highest BCUT2D eigenvalue weighted by Gasteiger charge is 2.34. The summed E-state index contributed by atoms with van der Waals surface area (Å²) in [6.07, 6.45) is 8.97. The molecular formula is C28H25Cl2N5OS. The first-order chi connectivity index (χ1) is 17.9. The number of aromatic nitrogens is 3. The Morgan fingerprint density at radius 1 is 1.08 bits per heavy atom. The van der Waals surface area contributed by atoms with Crippen LogP contribution in [0.25, 0.3) is 16.9 Å². The summed E-state index contributed by atoms with van der Waals surface area (Å²) in [6, 6.07) is 15.0. The zero-order valence-corrected chi connectivity index (χ0v) is 22.7. The molecule has 0 aliphatic heterocycles. The van der Waals surface area contributed by atoms with Gasteiger partial charge in [-0.25, -0.2) is 14.4 Å². The molecule has 0 radical (unpaired) electrons. The van der Waals surface area contributed by atoms with Crippen LogP contribution in [0, 0.1) is 24.7 Å². The Morgan fingerprint density at radius 3 is 2.59 bits per heavy atom. The third-order valence-corrected chi connectivity index (χ3v) is 8.69. The summed E-state index contributed by atoms with van der Waals surface area (Å²) in [5, 5.41) is 7.99. The first-order valence-electron chi connectivity index (χ1n) is 12.2. The van der Waals surface area contributed by atoms with Gasteiger partial charge in [0.05, 0.1) is 22.1 Å². The number of para-hydroxylation sites is 1. The van der Waals surface area contributed by atoms with Crippen LogP contribution in [0.2, 0.25) is 10.0 Å². The Morgan fingerprint density at radius 2 is 1.89 bits per heavy atom. The number of allylic oxidation sites excluding steroid dienone is 2. The fourth-order valence-electron chi connectivity index (χ4n) is 5.30. The predicted octanol–water partition coefficient (Wildman–Crippen LogP) is 6.60. The number of hydrogen-bond acceptors (Lipinski definition) is 4. The maximum atomic E-state index is 13.5. The van der Waals surface area contributed by atoms with Crippen molar-refractivity contribution < 1.29 is 0 Å². The Balaban J connectivity index is 1.50. The lowest BCUT2D eigenvalue weighted by molar-refractivity contribution is 0.590. The highest BCUT2D eigenvalue weighted by molar-refractivity contribution is 7.07. The van der Waals surface area contributed by atoms with Crippen LogP contribution in [0.1, 0.15) is 18.5 Å².